The first kappa shape index (κ1) is 13.5. The molecule has 0 saturated carbocycles. The molecule has 1 N–H and O–H groups in total. The molecule has 96 valence electrons. The molecule has 0 radical (unpaired) electrons. The lowest BCUT2D eigenvalue weighted by Crippen LogP contribution is -2.25. The first-order chi connectivity index (χ1) is 8.13. The average Bonchev–Trinajstić information content (AvgIpc) is 2.76. The van der Waals surface area contributed by atoms with Crippen LogP contribution < -0.4 is 10.1 Å². The lowest BCUT2D eigenvalue weighted by molar-refractivity contribution is 0.0943. The van der Waals surface area contributed by atoms with E-state index in [0.29, 0.717) is 6.54 Å². The van der Waals surface area contributed by atoms with E-state index in [4.69, 9.17) is 9.26 Å². The molecule has 6 heteroatoms. The van der Waals surface area contributed by atoms with Gasteiger partial charge in [-0.15, -0.1) is 0 Å². The Balaban J connectivity index is 2.21. The van der Waals surface area contributed by atoms with Crippen molar-refractivity contribution in [2.75, 3.05) is 34.3 Å². The zero-order valence-corrected chi connectivity index (χ0v) is 10.5. The number of aromatic nitrogens is 1. The van der Waals surface area contributed by atoms with E-state index < -0.39 is 0 Å². The predicted octanol–water partition coefficient (Wildman–Crippen LogP) is 0.755. The number of hydrogen-bond donors (Lipinski definition) is 1. The van der Waals surface area contributed by atoms with Crippen molar-refractivity contribution in [1.29, 1.82) is 0 Å². The second-order valence-electron chi connectivity index (χ2n) is 4.00. The van der Waals surface area contributed by atoms with Gasteiger partial charge in [0.1, 0.15) is 0 Å². The van der Waals surface area contributed by atoms with Crippen LogP contribution in [0.2, 0.25) is 0 Å². The molecule has 0 unspecified atom stereocenters. The highest BCUT2D eigenvalue weighted by Gasteiger charge is 2.11. The summed E-state index contributed by atoms with van der Waals surface area (Å²) in [5, 5.41) is 6.37. The summed E-state index contributed by atoms with van der Waals surface area (Å²) in [4.78, 5) is 13.7. The third-order valence-electron chi connectivity index (χ3n) is 2.24. The minimum atomic E-state index is -0.234. The molecule has 1 aromatic heterocycles. The summed E-state index contributed by atoms with van der Waals surface area (Å²) in [5.41, 5.74) is 0.245. The Morgan fingerprint density at radius 1 is 1.53 bits per heavy atom. The van der Waals surface area contributed by atoms with Crippen molar-refractivity contribution in [3.8, 4) is 5.95 Å². The van der Waals surface area contributed by atoms with Crippen molar-refractivity contribution in [2.24, 2.45) is 0 Å². The fraction of sp³-hybridized carbons (Fsp3) is 0.636. The smallest absolute Gasteiger partial charge is 0.311 e. The van der Waals surface area contributed by atoms with Crippen LogP contribution in [-0.4, -0.2) is 50.3 Å². The van der Waals surface area contributed by atoms with E-state index in [2.05, 4.69) is 15.4 Å². The van der Waals surface area contributed by atoms with E-state index >= 15 is 0 Å². The Morgan fingerprint density at radius 3 is 2.88 bits per heavy atom. The molecule has 0 aliphatic heterocycles. The van der Waals surface area contributed by atoms with Gasteiger partial charge in [0, 0.05) is 6.54 Å². The van der Waals surface area contributed by atoms with E-state index in [0.717, 1.165) is 19.4 Å². The van der Waals surface area contributed by atoms with E-state index in [1.54, 1.807) is 0 Å². The summed E-state index contributed by atoms with van der Waals surface area (Å²) in [7, 11) is 5.52. The fourth-order valence-corrected chi connectivity index (χ4v) is 1.31. The SMILES string of the molecule is COc1cc(C(=O)NCCCCN(C)C)no1. The first-order valence-corrected chi connectivity index (χ1v) is 5.57. The molecule has 17 heavy (non-hydrogen) atoms. The van der Waals surface area contributed by atoms with Crippen molar-refractivity contribution in [2.45, 2.75) is 12.8 Å². The van der Waals surface area contributed by atoms with E-state index in [1.807, 2.05) is 14.1 Å². The van der Waals surface area contributed by atoms with Crippen LogP contribution in [-0.2, 0) is 0 Å². The molecule has 1 rings (SSSR count). The minimum Gasteiger partial charge on any atom is -0.467 e. The second kappa shape index (κ2) is 6.90. The lowest BCUT2D eigenvalue weighted by atomic mass is 10.3. The maximum atomic E-state index is 11.6. The molecule has 6 nitrogen and oxygen atoms in total. The molecular formula is C11H19N3O3. The molecule has 1 heterocycles. The number of carbonyl (C=O) groups excluding carboxylic acids is 1. The Bertz CT molecular complexity index is 349. The van der Waals surface area contributed by atoms with Gasteiger partial charge in [-0.1, -0.05) is 5.16 Å². The summed E-state index contributed by atoms with van der Waals surface area (Å²) in [6.45, 7) is 1.66. The third-order valence-corrected chi connectivity index (χ3v) is 2.24. The summed E-state index contributed by atoms with van der Waals surface area (Å²) < 4.78 is 9.55. The molecule has 0 bridgehead atoms. The van der Waals surface area contributed by atoms with Gasteiger partial charge in [0.2, 0.25) is 0 Å². The van der Waals surface area contributed by atoms with E-state index in [-0.39, 0.29) is 17.5 Å². The highest BCUT2D eigenvalue weighted by atomic mass is 16.6. The van der Waals surface area contributed by atoms with Crippen LogP contribution in [0.15, 0.2) is 10.6 Å². The number of nitrogens with zero attached hydrogens (tertiary/aromatic N) is 2. The number of ether oxygens (including phenoxy) is 1. The summed E-state index contributed by atoms with van der Waals surface area (Å²) >= 11 is 0. The molecule has 0 spiro atoms. The fourth-order valence-electron chi connectivity index (χ4n) is 1.31. The Morgan fingerprint density at radius 2 is 2.29 bits per heavy atom. The molecule has 0 aliphatic carbocycles. The summed E-state index contributed by atoms with van der Waals surface area (Å²) in [6, 6.07) is 1.47. The minimum absolute atomic E-state index is 0.234. The molecule has 0 fully saturated rings. The van der Waals surface area contributed by atoms with Gasteiger partial charge in [0.15, 0.2) is 5.69 Å². The van der Waals surface area contributed by atoms with Gasteiger partial charge in [-0.2, -0.15) is 0 Å². The van der Waals surface area contributed by atoms with Crippen LogP contribution in [0, 0.1) is 0 Å². The van der Waals surface area contributed by atoms with E-state index in [1.165, 1.54) is 13.2 Å². The van der Waals surface area contributed by atoms with Crippen LogP contribution in [0.3, 0.4) is 0 Å². The standard InChI is InChI=1S/C11H19N3O3/c1-14(2)7-5-4-6-12-11(15)9-8-10(16-3)17-13-9/h8H,4-7H2,1-3H3,(H,12,15). The third kappa shape index (κ3) is 4.86. The van der Waals surface area contributed by atoms with Gasteiger partial charge in [-0.25, -0.2) is 0 Å². The zero-order valence-electron chi connectivity index (χ0n) is 10.5. The summed E-state index contributed by atoms with van der Waals surface area (Å²) in [6.07, 6.45) is 1.99. The van der Waals surface area contributed by atoms with Gasteiger partial charge in [0.05, 0.1) is 13.2 Å². The van der Waals surface area contributed by atoms with Crippen LogP contribution in [0.25, 0.3) is 0 Å². The van der Waals surface area contributed by atoms with Gasteiger partial charge < -0.3 is 19.5 Å². The van der Waals surface area contributed by atoms with Crippen molar-refractivity contribution in [1.82, 2.24) is 15.4 Å². The second-order valence-corrected chi connectivity index (χ2v) is 4.00. The van der Waals surface area contributed by atoms with Gasteiger partial charge in [-0.3, -0.25) is 4.79 Å². The molecule has 0 atom stereocenters. The molecule has 1 aromatic rings. The van der Waals surface area contributed by atoms with Gasteiger partial charge in [0.25, 0.3) is 5.91 Å². The molecule has 0 aromatic carbocycles. The normalized spacial score (nSPS) is 10.6. The number of hydrogen-bond acceptors (Lipinski definition) is 5. The topological polar surface area (TPSA) is 67.6 Å². The number of amides is 1. The monoisotopic (exact) mass is 241 g/mol. The predicted molar refractivity (Wildman–Crippen MR) is 63.2 cm³/mol. The first-order valence-electron chi connectivity index (χ1n) is 5.57. The zero-order chi connectivity index (χ0) is 12.7. The Hall–Kier alpha value is -1.56. The van der Waals surface area contributed by atoms with E-state index in [9.17, 15) is 4.79 Å². The maximum Gasteiger partial charge on any atom is 0.311 e. The van der Waals surface area contributed by atoms with Gasteiger partial charge in [-0.05, 0) is 33.5 Å². The quantitative estimate of drug-likeness (QED) is 0.714. The number of carbonyl (C=O) groups is 1. The van der Waals surface area contributed by atoms with Crippen molar-refractivity contribution in [3.63, 3.8) is 0 Å². The van der Waals surface area contributed by atoms with Crippen LogP contribution in [0.5, 0.6) is 5.95 Å². The van der Waals surface area contributed by atoms with Crippen LogP contribution >= 0.6 is 0 Å². The lowest BCUT2D eigenvalue weighted by Gasteiger charge is -2.08. The maximum absolute atomic E-state index is 11.6. The number of unbranched alkanes of at least 4 members (excludes halogenated alkanes) is 1. The highest BCUT2D eigenvalue weighted by Crippen LogP contribution is 2.10. The van der Waals surface area contributed by atoms with Crippen molar-refractivity contribution >= 4 is 5.91 Å². The van der Waals surface area contributed by atoms with Crippen molar-refractivity contribution in [3.05, 3.63) is 11.8 Å². The van der Waals surface area contributed by atoms with Crippen molar-refractivity contribution < 1.29 is 14.1 Å². The number of methoxy groups -OCH3 is 1. The summed E-state index contributed by atoms with van der Waals surface area (Å²) in [5.74, 6) is 0.00432. The largest absolute Gasteiger partial charge is 0.467 e. The Kier molecular flexibility index (Phi) is 5.48. The number of rotatable bonds is 7. The number of nitrogens with one attached hydrogen (secondary N) is 1. The van der Waals surface area contributed by atoms with Crippen LogP contribution in [0.1, 0.15) is 23.3 Å². The molecule has 0 saturated heterocycles. The molecule has 1 amide bonds. The van der Waals surface area contributed by atoms with Crippen LogP contribution in [0.4, 0.5) is 0 Å². The molecular weight excluding hydrogens is 222 g/mol. The van der Waals surface area contributed by atoms with Gasteiger partial charge >= 0.3 is 5.95 Å². The average molecular weight is 241 g/mol. The Labute approximate surface area is 101 Å². The highest BCUT2D eigenvalue weighted by molar-refractivity contribution is 5.92. The molecule has 0 aliphatic rings.